The molecule has 2 atom stereocenters. The van der Waals surface area contributed by atoms with E-state index < -0.39 is 24.6 Å². The van der Waals surface area contributed by atoms with Gasteiger partial charge in [0.05, 0.1) is 12.2 Å². The maximum atomic E-state index is 13.4. The maximum absolute atomic E-state index is 13.4. The molecule has 0 saturated carbocycles. The summed E-state index contributed by atoms with van der Waals surface area (Å²) in [5.74, 6) is -1.47. The third-order valence-electron chi connectivity index (χ3n) is 4.77. The molecule has 5 nitrogen and oxygen atoms in total. The number of rotatable bonds is 9. The molecule has 2 aromatic rings. The minimum Gasteiger partial charge on any atom is -0.550 e. The normalized spacial score (nSPS) is 13.6. The number of halogens is 1. The zero-order valence-corrected chi connectivity index (χ0v) is 20.3. The van der Waals surface area contributed by atoms with Crippen LogP contribution < -0.4 is 34.7 Å². The van der Waals surface area contributed by atoms with Gasteiger partial charge in [0.1, 0.15) is 5.82 Å². The number of carboxylic acid groups (broad SMARTS) is 1. The quantitative estimate of drug-likeness (QED) is 0.565. The van der Waals surface area contributed by atoms with Crippen molar-refractivity contribution in [3.8, 4) is 11.1 Å². The number of hydrogen-bond donors (Lipinski definition) is 2. The summed E-state index contributed by atoms with van der Waals surface area (Å²) < 4.78 is 15.6. The summed E-state index contributed by atoms with van der Waals surface area (Å²) in [5.41, 5.74) is 3.77. The molecule has 1 aromatic carbocycles. The van der Waals surface area contributed by atoms with Crippen LogP contribution in [0, 0.1) is 5.82 Å². The Bertz CT molecular complexity index is 859. The van der Waals surface area contributed by atoms with Crippen LogP contribution >= 0.6 is 0 Å². The van der Waals surface area contributed by atoms with Gasteiger partial charge in [-0.1, -0.05) is 38.1 Å². The Morgan fingerprint density at radius 1 is 1.17 bits per heavy atom. The van der Waals surface area contributed by atoms with Crippen LogP contribution in [-0.2, 0) is 4.79 Å². The summed E-state index contributed by atoms with van der Waals surface area (Å²) in [7, 11) is 0. The molecule has 2 N–H and O–H groups in total. The number of aromatic nitrogens is 1. The van der Waals surface area contributed by atoms with Crippen molar-refractivity contribution in [1.29, 1.82) is 0 Å². The first-order chi connectivity index (χ1) is 13.6. The van der Waals surface area contributed by atoms with Crippen LogP contribution in [0.15, 0.2) is 36.5 Å². The van der Waals surface area contributed by atoms with E-state index in [2.05, 4.69) is 32.3 Å². The van der Waals surface area contributed by atoms with Gasteiger partial charge in [-0.3, -0.25) is 0 Å². The molecule has 158 valence electrons. The van der Waals surface area contributed by atoms with Gasteiger partial charge < -0.3 is 24.7 Å². The Morgan fingerprint density at radius 2 is 1.77 bits per heavy atom. The van der Waals surface area contributed by atoms with Gasteiger partial charge in [-0.05, 0) is 37.5 Å². The summed E-state index contributed by atoms with van der Waals surface area (Å²) >= 11 is 0. The molecule has 2 unspecified atom stereocenters. The van der Waals surface area contributed by atoms with E-state index in [-0.39, 0.29) is 53.8 Å². The molecular formula is C23H29FNNaO4. The number of aliphatic hydroxyl groups excluding tert-OH is 2. The Labute approximate surface area is 199 Å². The fourth-order valence-corrected chi connectivity index (χ4v) is 3.47. The van der Waals surface area contributed by atoms with Crippen molar-refractivity contribution >= 4 is 12.0 Å². The standard InChI is InChI=1S/C23H30FNO4.Na/c1-14(2)23-20(10-9-18(26)11-19(27)12-22(28)29)21(13-25(23)15(3)4)16-5-7-17(24)8-6-16;/h5-10,13-15,18-19,26-27H,11-12H2,1-4H3,(H,28,29);/q;+1/p-1/b10-9+;. The van der Waals surface area contributed by atoms with Gasteiger partial charge >= 0.3 is 29.6 Å². The zero-order valence-electron chi connectivity index (χ0n) is 18.3. The summed E-state index contributed by atoms with van der Waals surface area (Å²) in [5, 5.41) is 30.5. The van der Waals surface area contributed by atoms with Crippen molar-refractivity contribution in [2.24, 2.45) is 0 Å². The second kappa shape index (κ2) is 11.8. The van der Waals surface area contributed by atoms with E-state index >= 15 is 0 Å². The fourth-order valence-electron chi connectivity index (χ4n) is 3.47. The molecule has 1 aromatic heterocycles. The molecule has 0 aliphatic heterocycles. The van der Waals surface area contributed by atoms with E-state index in [0.29, 0.717) is 0 Å². The number of aliphatic carboxylic acids is 1. The molecule has 7 heteroatoms. The maximum Gasteiger partial charge on any atom is 1.00 e. The van der Waals surface area contributed by atoms with E-state index in [0.717, 1.165) is 22.4 Å². The molecule has 1 heterocycles. The van der Waals surface area contributed by atoms with E-state index in [1.165, 1.54) is 12.1 Å². The summed E-state index contributed by atoms with van der Waals surface area (Å²) in [6.45, 7) is 8.33. The molecule has 0 bridgehead atoms. The molecule has 0 saturated heterocycles. The van der Waals surface area contributed by atoms with Crippen molar-refractivity contribution in [2.75, 3.05) is 0 Å². The van der Waals surface area contributed by atoms with E-state index in [1.54, 1.807) is 24.3 Å². The number of aliphatic hydroxyl groups is 2. The Kier molecular flexibility index (Phi) is 10.5. The molecular weight excluding hydrogens is 396 g/mol. The van der Waals surface area contributed by atoms with Crippen LogP contribution in [0.1, 0.15) is 63.8 Å². The number of nitrogens with zero attached hydrogens (tertiary/aromatic N) is 1. The van der Waals surface area contributed by atoms with Gasteiger partial charge in [0.25, 0.3) is 0 Å². The minimum atomic E-state index is -1.36. The van der Waals surface area contributed by atoms with Gasteiger partial charge in [0.2, 0.25) is 0 Å². The van der Waals surface area contributed by atoms with Gasteiger partial charge in [0, 0.05) is 47.9 Å². The fraction of sp³-hybridized carbons (Fsp3) is 0.435. The number of carboxylic acids is 1. The van der Waals surface area contributed by atoms with E-state index in [9.17, 15) is 24.5 Å². The predicted octanol–water partition coefficient (Wildman–Crippen LogP) is 0.268. The van der Waals surface area contributed by atoms with E-state index in [4.69, 9.17) is 0 Å². The Morgan fingerprint density at radius 3 is 2.27 bits per heavy atom. The average Bonchev–Trinajstić information content (AvgIpc) is 2.99. The summed E-state index contributed by atoms with van der Waals surface area (Å²) in [6, 6.07) is 6.47. The van der Waals surface area contributed by atoms with Crippen molar-refractivity contribution in [2.45, 2.75) is 64.7 Å². The van der Waals surface area contributed by atoms with Crippen LogP contribution in [0.4, 0.5) is 4.39 Å². The van der Waals surface area contributed by atoms with Crippen LogP contribution in [0.5, 0.6) is 0 Å². The summed E-state index contributed by atoms with van der Waals surface area (Å²) in [4.78, 5) is 10.6. The summed E-state index contributed by atoms with van der Waals surface area (Å²) in [6.07, 6.45) is 2.57. The number of carbonyl (C=O) groups excluding carboxylic acids is 1. The molecule has 0 spiro atoms. The zero-order chi connectivity index (χ0) is 21.7. The van der Waals surface area contributed by atoms with Crippen molar-refractivity contribution in [3.63, 3.8) is 0 Å². The van der Waals surface area contributed by atoms with Gasteiger partial charge in [0.15, 0.2) is 0 Å². The van der Waals surface area contributed by atoms with Gasteiger partial charge in [-0.2, -0.15) is 0 Å². The second-order valence-corrected chi connectivity index (χ2v) is 7.90. The molecule has 2 rings (SSSR count). The third-order valence-corrected chi connectivity index (χ3v) is 4.77. The van der Waals surface area contributed by atoms with E-state index in [1.807, 2.05) is 6.20 Å². The van der Waals surface area contributed by atoms with Crippen molar-refractivity contribution in [3.05, 3.63) is 53.6 Å². The number of carbonyl (C=O) groups is 1. The van der Waals surface area contributed by atoms with Crippen molar-refractivity contribution < 1.29 is 54.1 Å². The van der Waals surface area contributed by atoms with Crippen LogP contribution in [0.25, 0.3) is 17.2 Å². The van der Waals surface area contributed by atoms with Crippen LogP contribution in [0.2, 0.25) is 0 Å². The van der Waals surface area contributed by atoms with Crippen molar-refractivity contribution in [1.82, 2.24) is 4.57 Å². The first-order valence-corrected chi connectivity index (χ1v) is 9.85. The second-order valence-electron chi connectivity index (χ2n) is 7.90. The predicted molar refractivity (Wildman–Crippen MR) is 110 cm³/mol. The first kappa shape index (κ1) is 26.6. The SMILES string of the molecule is CC(C)c1c(/C=C/C(O)CC(O)CC(=O)[O-])c(-c2ccc(F)cc2)cn1C(C)C.[Na+]. The van der Waals surface area contributed by atoms with Gasteiger partial charge in [-0.25, -0.2) is 4.39 Å². The monoisotopic (exact) mass is 425 g/mol. The number of benzene rings is 1. The Balaban J connectivity index is 0.00000450. The molecule has 30 heavy (non-hydrogen) atoms. The van der Waals surface area contributed by atoms with Crippen LogP contribution in [0.3, 0.4) is 0 Å². The average molecular weight is 425 g/mol. The number of hydrogen-bond acceptors (Lipinski definition) is 4. The smallest absolute Gasteiger partial charge is 0.550 e. The third kappa shape index (κ3) is 7.06. The largest absolute Gasteiger partial charge is 1.00 e. The molecule has 0 aliphatic carbocycles. The van der Waals surface area contributed by atoms with Gasteiger partial charge in [-0.15, -0.1) is 0 Å². The first-order valence-electron chi connectivity index (χ1n) is 9.85. The topological polar surface area (TPSA) is 85.5 Å². The van der Waals surface area contributed by atoms with Crippen LogP contribution in [-0.4, -0.2) is 33.0 Å². The molecule has 0 amide bonds. The molecule has 0 fully saturated rings. The Hall–Kier alpha value is -1.44. The minimum absolute atomic E-state index is 0. The molecule has 0 aliphatic rings. The molecule has 0 radical (unpaired) electrons.